The number of aliphatic carboxylic acids is 3. The molecule has 0 aromatic carbocycles. The van der Waals surface area contributed by atoms with E-state index in [2.05, 4.69) is 20.6 Å². The molecular formula is C28H45N8O12P3S2. The first-order chi connectivity index (χ1) is 25.2. The lowest BCUT2D eigenvalue weighted by atomic mass is 10.0. The molecule has 12 N–H and O–H groups in total. The van der Waals surface area contributed by atoms with Gasteiger partial charge in [-0.15, -0.1) is 0 Å². The van der Waals surface area contributed by atoms with Gasteiger partial charge in [0.2, 0.25) is 17.7 Å². The minimum atomic E-state index is -1.83. The van der Waals surface area contributed by atoms with Crippen LogP contribution < -0.4 is 32.3 Å². The molecule has 2 aliphatic rings. The number of carboxylic acid groups (broad SMARTS) is 3. The zero-order valence-corrected chi connectivity index (χ0v) is 32.9. The first kappa shape index (κ1) is 44.7. The fourth-order valence-corrected chi connectivity index (χ4v) is 11.1. The predicted molar refractivity (Wildman–Crippen MR) is 204 cm³/mol. The normalized spacial score (nSPS) is 21.6. The molecule has 53 heavy (non-hydrogen) atoms. The molecule has 1 fully saturated rings. The molecule has 1 aromatic heterocycles. The Morgan fingerprint density at radius 2 is 1.70 bits per heavy atom. The molecule has 20 nitrogen and oxygen atoms in total. The fraction of sp³-hybridized carbons (Fsp3) is 0.643. The Morgan fingerprint density at radius 3 is 2.38 bits per heavy atom. The average molecular weight is 843 g/mol. The standard InChI is InChI=1S/C28H45N8O12P3S2/c29-14(26(43)34-15(6-21(39)40)27(44)35-16(28(45)46)7-22(41)42)2-1-4-52-53-5-3-19(38)31-9-13-10-36(25-23(13)24(30)32-12-33-25)20-8-17(37)18(48-20)11-49-51-50-47/h12-18,20,37,47,49-51H,1-11,29H2,(H,31,38)(H,34,43)(H,35,44)(H,39,40)(H,41,42)(H,45,46)(H2,30,32,33). The number of hydrogen-bond donors (Lipinski definition) is 10. The maximum Gasteiger partial charge on any atom is 0.326 e. The number of carbonyl (C=O) groups is 6. The molecule has 10 unspecified atom stereocenters. The minimum Gasteiger partial charge on any atom is -0.481 e. The van der Waals surface area contributed by atoms with Crippen LogP contribution in [0.5, 0.6) is 0 Å². The number of aliphatic hydroxyl groups is 1. The SMILES string of the molecule is Nc1ncnc2c1C(CNC(=O)CCSSCCCC(N)C(=O)NC(CC(=O)O)C(=O)NC(CC(=O)O)C(=O)O)CN2C1CC(O)C(CPPPO)O1. The van der Waals surface area contributed by atoms with Crippen molar-refractivity contribution < 1.29 is 58.8 Å². The largest absolute Gasteiger partial charge is 0.481 e. The molecule has 3 heterocycles. The summed E-state index contributed by atoms with van der Waals surface area (Å²) in [5, 5.41) is 44.8. The second kappa shape index (κ2) is 22.6. The van der Waals surface area contributed by atoms with Gasteiger partial charge in [-0.05, 0) is 27.0 Å². The third-order valence-corrected chi connectivity index (χ3v) is 15.6. The Morgan fingerprint density at radius 1 is 1.02 bits per heavy atom. The quantitative estimate of drug-likeness (QED) is 0.0346. The molecule has 0 saturated carbocycles. The molecule has 0 spiro atoms. The van der Waals surface area contributed by atoms with Crippen molar-refractivity contribution in [3.05, 3.63) is 11.9 Å². The molecule has 10 atom stereocenters. The number of anilines is 2. The molecule has 0 radical (unpaired) electrons. The Kier molecular flexibility index (Phi) is 19.1. The first-order valence-electron chi connectivity index (χ1n) is 16.3. The van der Waals surface area contributed by atoms with E-state index in [1.807, 2.05) is 10.2 Å². The van der Waals surface area contributed by atoms with Gasteiger partial charge >= 0.3 is 17.9 Å². The van der Waals surface area contributed by atoms with Gasteiger partial charge in [-0.2, -0.15) is 0 Å². The van der Waals surface area contributed by atoms with Gasteiger partial charge in [-0.25, -0.2) is 14.8 Å². The maximum absolute atomic E-state index is 12.7. The average Bonchev–Trinajstić information content (AvgIpc) is 3.66. The van der Waals surface area contributed by atoms with Gasteiger partial charge in [-0.3, -0.25) is 24.0 Å². The maximum atomic E-state index is 12.7. The van der Waals surface area contributed by atoms with Crippen molar-refractivity contribution >= 4 is 93.6 Å². The molecule has 0 bridgehead atoms. The second-order valence-corrected chi connectivity index (χ2v) is 20.7. The number of hydrogen-bond acceptors (Lipinski definition) is 16. The number of fused-ring (bicyclic) bond motifs is 1. The van der Waals surface area contributed by atoms with Crippen LogP contribution in [-0.4, -0.2) is 138 Å². The lowest BCUT2D eigenvalue weighted by molar-refractivity contribution is -0.148. The third-order valence-electron chi connectivity index (χ3n) is 8.12. The van der Waals surface area contributed by atoms with E-state index in [4.69, 9.17) is 36.4 Å². The van der Waals surface area contributed by atoms with E-state index in [-0.39, 0.29) is 39.3 Å². The fourth-order valence-electron chi connectivity index (χ4n) is 5.52. The summed E-state index contributed by atoms with van der Waals surface area (Å²) in [7, 11) is 3.78. The van der Waals surface area contributed by atoms with Crippen LogP contribution in [0.2, 0.25) is 0 Å². The topological polar surface area (TPSA) is 330 Å². The summed E-state index contributed by atoms with van der Waals surface area (Å²) in [6.07, 6.45) is 0.144. The number of nitrogens with one attached hydrogen (secondary N) is 3. The van der Waals surface area contributed by atoms with Crippen molar-refractivity contribution in [1.82, 2.24) is 25.9 Å². The lowest BCUT2D eigenvalue weighted by Crippen LogP contribution is -2.55. The number of nitrogen functional groups attached to an aromatic ring is 1. The van der Waals surface area contributed by atoms with E-state index in [0.717, 1.165) is 5.56 Å². The van der Waals surface area contributed by atoms with E-state index in [1.165, 1.54) is 27.9 Å². The lowest BCUT2D eigenvalue weighted by Gasteiger charge is -2.26. The van der Waals surface area contributed by atoms with E-state index < -0.39 is 73.0 Å². The summed E-state index contributed by atoms with van der Waals surface area (Å²) >= 11 is 0. The van der Waals surface area contributed by atoms with Gasteiger partial charge in [0.05, 0.1) is 31.1 Å². The molecule has 0 aliphatic carbocycles. The predicted octanol–water partition coefficient (Wildman–Crippen LogP) is -0.790. The van der Waals surface area contributed by atoms with Crippen molar-refractivity contribution in [3.63, 3.8) is 0 Å². The Hall–Kier alpha value is -2.67. The summed E-state index contributed by atoms with van der Waals surface area (Å²) in [4.78, 5) is 90.7. The van der Waals surface area contributed by atoms with Crippen molar-refractivity contribution in [2.75, 3.05) is 41.4 Å². The van der Waals surface area contributed by atoms with Gasteiger partial charge in [0.15, 0.2) is 0 Å². The van der Waals surface area contributed by atoms with E-state index in [9.17, 15) is 33.9 Å². The van der Waals surface area contributed by atoms with Gasteiger partial charge < -0.3 is 62.4 Å². The summed E-state index contributed by atoms with van der Waals surface area (Å²) < 4.78 is 6.18. The Bertz CT molecular complexity index is 1460. The number of rotatable bonds is 24. The minimum absolute atomic E-state index is 0.102. The highest BCUT2D eigenvalue weighted by Gasteiger charge is 2.43. The summed E-state index contributed by atoms with van der Waals surface area (Å²) in [5.74, 6) is -4.97. The van der Waals surface area contributed by atoms with Gasteiger partial charge in [0, 0.05) is 57.4 Å². The summed E-state index contributed by atoms with van der Waals surface area (Å²) in [6, 6.07) is -4.61. The van der Waals surface area contributed by atoms with Crippen molar-refractivity contribution in [1.29, 1.82) is 0 Å². The molecule has 25 heteroatoms. The van der Waals surface area contributed by atoms with Crippen LogP contribution in [-0.2, 0) is 33.5 Å². The monoisotopic (exact) mass is 842 g/mol. The molecular weight excluding hydrogens is 797 g/mol. The summed E-state index contributed by atoms with van der Waals surface area (Å²) in [6.45, 7) is 0.772. The van der Waals surface area contributed by atoms with Crippen LogP contribution in [0.4, 0.5) is 11.6 Å². The number of aliphatic hydroxyl groups excluding tert-OH is 1. The van der Waals surface area contributed by atoms with Crippen LogP contribution in [0.25, 0.3) is 0 Å². The second-order valence-electron chi connectivity index (χ2n) is 12.0. The Balaban J connectivity index is 1.36. The number of nitrogens with two attached hydrogens (primary N) is 2. The Labute approximate surface area is 317 Å². The zero-order valence-electron chi connectivity index (χ0n) is 28.3. The van der Waals surface area contributed by atoms with Crippen LogP contribution in [0, 0.1) is 0 Å². The van der Waals surface area contributed by atoms with E-state index in [0.29, 0.717) is 71.5 Å². The van der Waals surface area contributed by atoms with Crippen LogP contribution in [0.1, 0.15) is 50.0 Å². The van der Waals surface area contributed by atoms with Crippen molar-refractivity contribution in [2.45, 2.75) is 81.0 Å². The molecule has 3 amide bonds. The van der Waals surface area contributed by atoms with Crippen LogP contribution in [0.15, 0.2) is 6.33 Å². The number of nitrogens with zero attached hydrogens (tertiary/aromatic N) is 3. The zero-order chi connectivity index (χ0) is 39.1. The smallest absolute Gasteiger partial charge is 0.326 e. The molecule has 296 valence electrons. The molecule has 3 rings (SSSR count). The highest BCUT2D eigenvalue weighted by atomic mass is 33.1. The number of carbonyl (C=O) groups excluding carboxylic acids is 3. The van der Waals surface area contributed by atoms with Gasteiger partial charge in [0.25, 0.3) is 0 Å². The van der Waals surface area contributed by atoms with E-state index >= 15 is 0 Å². The highest BCUT2D eigenvalue weighted by molar-refractivity contribution is 8.76. The van der Waals surface area contributed by atoms with Crippen molar-refractivity contribution in [3.8, 4) is 0 Å². The molecule has 1 aromatic rings. The van der Waals surface area contributed by atoms with Crippen molar-refractivity contribution in [2.24, 2.45) is 5.73 Å². The number of aromatic nitrogens is 2. The summed E-state index contributed by atoms with van der Waals surface area (Å²) in [5.41, 5.74) is 12.9. The third kappa shape index (κ3) is 14.5. The molecule has 1 saturated heterocycles. The number of carboxylic acids is 3. The van der Waals surface area contributed by atoms with Gasteiger partial charge in [0.1, 0.15) is 36.3 Å². The molecule has 2 aliphatic heterocycles. The van der Waals surface area contributed by atoms with Crippen LogP contribution in [0.3, 0.4) is 0 Å². The first-order valence-corrected chi connectivity index (χ1v) is 24.0. The van der Waals surface area contributed by atoms with E-state index in [1.54, 1.807) is 0 Å². The van der Waals surface area contributed by atoms with Crippen LogP contribution >= 0.6 is 46.3 Å². The van der Waals surface area contributed by atoms with Gasteiger partial charge in [-0.1, -0.05) is 29.9 Å². The number of ether oxygens (including phenoxy) is 1. The number of amides is 3. The highest BCUT2D eigenvalue weighted by Crippen LogP contribution is 2.51.